The molecule has 6 heteroatoms. The summed E-state index contributed by atoms with van der Waals surface area (Å²) < 4.78 is 0. The first-order valence-electron chi connectivity index (χ1n) is 6.19. The Kier molecular flexibility index (Phi) is 10.8. The largest absolute Gasteiger partial charge is 0.503 e. The van der Waals surface area contributed by atoms with E-state index in [0.29, 0.717) is 18.2 Å². The Morgan fingerprint density at radius 3 is 2.15 bits per heavy atom. The monoisotopic (exact) mass is 361 g/mol. The number of carbonyl (C=O) groups is 1. The second kappa shape index (κ2) is 11.1. The van der Waals surface area contributed by atoms with Gasteiger partial charge in [0, 0.05) is 47.3 Å². The van der Waals surface area contributed by atoms with Crippen molar-refractivity contribution in [2.24, 2.45) is 0 Å². The molecule has 1 aromatic carbocycles. The van der Waals surface area contributed by atoms with E-state index >= 15 is 0 Å². The number of anilines is 1. The Morgan fingerprint density at radius 1 is 1.15 bits per heavy atom. The van der Waals surface area contributed by atoms with Crippen molar-refractivity contribution in [3.8, 4) is 0 Å². The average molecular weight is 362 g/mol. The van der Waals surface area contributed by atoms with Crippen LogP contribution in [0.3, 0.4) is 0 Å². The topological polar surface area (TPSA) is 40.5 Å². The molecule has 0 aliphatic rings. The number of aryl methyl sites for hydroxylation is 1. The van der Waals surface area contributed by atoms with Crippen LogP contribution in [0, 0.1) is 6.42 Å². The minimum Gasteiger partial charge on any atom is -0.503 e. The van der Waals surface area contributed by atoms with E-state index in [1.54, 1.807) is 0 Å². The molecule has 1 aromatic rings. The van der Waals surface area contributed by atoms with Gasteiger partial charge in [0.15, 0.2) is 5.97 Å². The third kappa shape index (κ3) is 7.29. The Labute approximate surface area is 140 Å². The van der Waals surface area contributed by atoms with E-state index < -0.39 is 5.97 Å². The minimum absolute atomic E-state index is 0. The molecule has 0 aliphatic heterocycles. The maximum Gasteiger partial charge on any atom is 0.163 e. The summed E-state index contributed by atoms with van der Waals surface area (Å²) >= 11 is 11.5. The first kappa shape index (κ1) is 19.4. The number of nitrogens with zero attached hydrogens (tertiary/aromatic N) is 1. The molecule has 0 amide bonds. The van der Waals surface area contributed by atoms with Gasteiger partial charge in [-0.15, -0.1) is 23.2 Å². The van der Waals surface area contributed by atoms with Crippen LogP contribution in [0.5, 0.6) is 0 Å². The van der Waals surface area contributed by atoms with Gasteiger partial charge in [-0.25, -0.2) is 0 Å². The van der Waals surface area contributed by atoms with Crippen LogP contribution >= 0.6 is 23.2 Å². The zero-order valence-corrected chi connectivity index (χ0v) is 13.6. The summed E-state index contributed by atoms with van der Waals surface area (Å²) in [6.45, 7) is 1.53. The second-order valence-corrected chi connectivity index (χ2v) is 4.87. The van der Waals surface area contributed by atoms with Crippen LogP contribution in [0.4, 0.5) is 5.69 Å². The van der Waals surface area contributed by atoms with Crippen LogP contribution in [-0.4, -0.2) is 35.9 Å². The Balaban J connectivity index is 0.00000361. The third-order valence-electron chi connectivity index (χ3n) is 2.76. The quantitative estimate of drug-likeness (QED) is 0.542. The van der Waals surface area contributed by atoms with Crippen molar-refractivity contribution in [3.05, 3.63) is 36.2 Å². The number of hydrogen-bond acceptors (Lipinski definition) is 2. The Morgan fingerprint density at radius 2 is 1.70 bits per heavy atom. The summed E-state index contributed by atoms with van der Waals surface area (Å²) in [5, 5.41) is 8.54. The summed E-state index contributed by atoms with van der Waals surface area (Å²) in [6.07, 6.45) is 2.56. The summed E-state index contributed by atoms with van der Waals surface area (Å²) in [5.74, 6) is 0.255. The molecule has 0 unspecified atom stereocenters. The van der Waals surface area contributed by atoms with Crippen molar-refractivity contribution < 1.29 is 26.7 Å². The third-order valence-corrected chi connectivity index (χ3v) is 3.10. The standard InChI is InChI=1S/C14H18Cl2NO2.Co/c15-8-10-17(11-9-16)13-6-4-12(5-7-13)2-1-3-14(18)19;/h3-7H,1-2,8-11H2,(H,18,19);/q-1;. The second-order valence-electron chi connectivity index (χ2n) is 4.11. The molecule has 0 fully saturated rings. The van der Waals surface area contributed by atoms with E-state index in [9.17, 15) is 4.79 Å². The Bertz CT molecular complexity index is 381. The van der Waals surface area contributed by atoms with Gasteiger partial charge in [0.2, 0.25) is 0 Å². The van der Waals surface area contributed by atoms with Crippen LogP contribution in [0.2, 0.25) is 0 Å². The van der Waals surface area contributed by atoms with E-state index in [4.69, 9.17) is 28.3 Å². The minimum atomic E-state index is -0.868. The molecule has 0 aromatic heterocycles. The van der Waals surface area contributed by atoms with Crippen LogP contribution in [-0.2, 0) is 28.0 Å². The molecule has 0 saturated carbocycles. The van der Waals surface area contributed by atoms with Gasteiger partial charge in [0.05, 0.1) is 0 Å². The molecule has 0 bridgehead atoms. The van der Waals surface area contributed by atoms with Crippen molar-refractivity contribution >= 4 is 34.9 Å². The van der Waals surface area contributed by atoms with E-state index in [-0.39, 0.29) is 16.8 Å². The molecule has 0 heterocycles. The fraction of sp³-hybridized carbons (Fsp3) is 0.429. The van der Waals surface area contributed by atoms with Gasteiger partial charge in [-0.2, -0.15) is 6.42 Å². The smallest absolute Gasteiger partial charge is 0.163 e. The molecule has 3 nitrogen and oxygen atoms in total. The van der Waals surface area contributed by atoms with Crippen LogP contribution in [0.15, 0.2) is 24.3 Å². The molecule has 1 rings (SSSR count). The van der Waals surface area contributed by atoms with E-state index in [0.717, 1.165) is 30.8 Å². The SMILES string of the molecule is O=C(O)[CH-]CCc1ccc(N(CCCl)CCCl)cc1.[Co]. The number of carboxylic acids is 1. The average Bonchev–Trinajstić information content (AvgIpc) is 2.39. The summed E-state index contributed by atoms with van der Waals surface area (Å²) in [6, 6.07) is 8.07. The van der Waals surface area contributed by atoms with Crippen molar-refractivity contribution in [1.82, 2.24) is 0 Å². The van der Waals surface area contributed by atoms with Gasteiger partial charge in [0.25, 0.3) is 0 Å². The van der Waals surface area contributed by atoms with Gasteiger partial charge in [-0.05, 0) is 12.1 Å². The van der Waals surface area contributed by atoms with Crippen molar-refractivity contribution in [1.29, 1.82) is 0 Å². The molecule has 115 valence electrons. The summed E-state index contributed by atoms with van der Waals surface area (Å²) in [7, 11) is 0. The van der Waals surface area contributed by atoms with Gasteiger partial charge in [0.1, 0.15) is 0 Å². The van der Waals surface area contributed by atoms with Gasteiger partial charge in [-0.1, -0.05) is 24.1 Å². The van der Waals surface area contributed by atoms with Crippen molar-refractivity contribution in [2.75, 3.05) is 29.7 Å². The number of hydrogen-bond donors (Lipinski definition) is 1. The summed E-state index contributed by atoms with van der Waals surface area (Å²) in [4.78, 5) is 12.5. The molecule has 1 radical (unpaired) electrons. The van der Waals surface area contributed by atoms with E-state index in [1.165, 1.54) is 6.42 Å². The maximum absolute atomic E-state index is 10.4. The van der Waals surface area contributed by atoms with Crippen molar-refractivity contribution in [2.45, 2.75) is 12.8 Å². The van der Waals surface area contributed by atoms with E-state index in [1.807, 2.05) is 24.3 Å². The molecule has 0 atom stereocenters. The summed E-state index contributed by atoms with van der Waals surface area (Å²) in [5.41, 5.74) is 2.21. The fourth-order valence-corrected chi connectivity index (χ4v) is 2.22. The van der Waals surface area contributed by atoms with Gasteiger partial charge in [-0.3, -0.25) is 11.2 Å². The number of rotatable bonds is 9. The normalized spacial score (nSPS) is 9.70. The molecular weight excluding hydrogens is 344 g/mol. The predicted molar refractivity (Wildman–Crippen MR) is 80.4 cm³/mol. The predicted octanol–water partition coefficient (Wildman–Crippen LogP) is 3.19. The molecule has 0 saturated heterocycles. The number of benzene rings is 1. The molecule has 1 N–H and O–H groups in total. The first-order valence-corrected chi connectivity index (χ1v) is 7.26. The molecule has 0 aliphatic carbocycles. The number of halogens is 2. The zero-order chi connectivity index (χ0) is 14.1. The van der Waals surface area contributed by atoms with Crippen molar-refractivity contribution in [3.63, 3.8) is 0 Å². The molecule has 20 heavy (non-hydrogen) atoms. The van der Waals surface area contributed by atoms with Crippen LogP contribution < -0.4 is 4.90 Å². The van der Waals surface area contributed by atoms with Gasteiger partial charge < -0.3 is 10.0 Å². The maximum atomic E-state index is 10.4. The number of carboxylic acid groups (broad SMARTS) is 1. The van der Waals surface area contributed by atoms with Crippen LogP contribution in [0.25, 0.3) is 0 Å². The Hall–Kier alpha value is -0.554. The number of alkyl halides is 2. The van der Waals surface area contributed by atoms with E-state index in [2.05, 4.69) is 4.90 Å². The number of aliphatic carboxylic acids is 1. The molecular formula is C14H18Cl2CoNO2-. The van der Waals surface area contributed by atoms with Crippen LogP contribution in [0.1, 0.15) is 12.0 Å². The first-order chi connectivity index (χ1) is 9.17. The fourth-order valence-electron chi connectivity index (χ4n) is 1.81. The van der Waals surface area contributed by atoms with Gasteiger partial charge >= 0.3 is 0 Å². The molecule has 0 spiro atoms. The zero-order valence-electron chi connectivity index (χ0n) is 11.0.